The van der Waals surface area contributed by atoms with Crippen molar-refractivity contribution in [2.24, 2.45) is 0 Å². The molecule has 0 amide bonds. The molecule has 3 rings (SSSR count). The fraction of sp³-hybridized carbons (Fsp3) is 0.0769. The highest BCUT2D eigenvalue weighted by molar-refractivity contribution is 5.87. The lowest BCUT2D eigenvalue weighted by Crippen LogP contribution is -1.93. The average Bonchev–Trinajstić information content (AvgIpc) is 2.96. The van der Waals surface area contributed by atoms with Crippen molar-refractivity contribution < 1.29 is 9.15 Å². The van der Waals surface area contributed by atoms with Gasteiger partial charge in [-0.25, -0.2) is 0 Å². The molecule has 0 saturated heterocycles. The summed E-state index contributed by atoms with van der Waals surface area (Å²) < 4.78 is 10.9. The summed E-state index contributed by atoms with van der Waals surface area (Å²) in [4.78, 5) is 3.11. The largest absolute Gasteiger partial charge is 0.470 e. The summed E-state index contributed by atoms with van der Waals surface area (Å²) in [6.45, 7) is 0.442. The summed E-state index contributed by atoms with van der Waals surface area (Å²) in [5.74, 6) is 1.60. The van der Waals surface area contributed by atoms with Crippen LogP contribution < -0.4 is 4.74 Å². The van der Waals surface area contributed by atoms with Crippen LogP contribution in [0, 0.1) is 0 Å². The van der Waals surface area contributed by atoms with E-state index in [1.54, 1.807) is 6.26 Å². The monoisotopic (exact) mass is 213 g/mol. The second-order valence-corrected chi connectivity index (χ2v) is 3.57. The lowest BCUT2D eigenvalue weighted by atomic mass is 10.2. The van der Waals surface area contributed by atoms with Crippen LogP contribution in [0.5, 0.6) is 5.88 Å². The molecule has 0 radical (unpaired) electrons. The van der Waals surface area contributed by atoms with Gasteiger partial charge in [0.05, 0.1) is 6.26 Å². The first-order valence-corrected chi connectivity index (χ1v) is 5.15. The highest BCUT2D eigenvalue weighted by Gasteiger charge is 2.04. The van der Waals surface area contributed by atoms with Gasteiger partial charge in [-0.1, -0.05) is 18.2 Å². The molecule has 1 aromatic carbocycles. The molecule has 80 valence electrons. The lowest BCUT2D eigenvalue weighted by Gasteiger charge is -2.01. The molecule has 0 bridgehead atoms. The molecular weight excluding hydrogens is 202 g/mol. The Bertz CT molecular complexity index is 581. The van der Waals surface area contributed by atoms with Gasteiger partial charge in [0.15, 0.2) is 5.88 Å². The van der Waals surface area contributed by atoms with E-state index in [9.17, 15) is 0 Å². The molecule has 0 saturated carbocycles. The average molecular weight is 213 g/mol. The van der Waals surface area contributed by atoms with Crippen LogP contribution >= 0.6 is 0 Å². The zero-order valence-electron chi connectivity index (χ0n) is 8.64. The Morgan fingerprint density at radius 3 is 2.94 bits per heavy atom. The van der Waals surface area contributed by atoms with Gasteiger partial charge in [0.2, 0.25) is 0 Å². The zero-order chi connectivity index (χ0) is 10.8. The number of furan rings is 1. The molecule has 0 spiro atoms. The second kappa shape index (κ2) is 3.77. The van der Waals surface area contributed by atoms with Crippen molar-refractivity contribution in [3.05, 3.63) is 54.6 Å². The molecule has 0 unspecified atom stereocenters. The quantitative estimate of drug-likeness (QED) is 0.724. The Balaban J connectivity index is 1.84. The van der Waals surface area contributed by atoms with Crippen LogP contribution in [0.3, 0.4) is 0 Å². The van der Waals surface area contributed by atoms with Crippen LogP contribution in [0.15, 0.2) is 53.3 Å². The maximum Gasteiger partial charge on any atom is 0.199 e. The fourth-order valence-electron chi connectivity index (χ4n) is 1.71. The van der Waals surface area contributed by atoms with Crippen LogP contribution in [-0.2, 0) is 6.61 Å². The van der Waals surface area contributed by atoms with Gasteiger partial charge in [-0.15, -0.1) is 0 Å². The first-order valence-electron chi connectivity index (χ1n) is 5.15. The number of rotatable bonds is 3. The van der Waals surface area contributed by atoms with Crippen molar-refractivity contribution in [2.75, 3.05) is 0 Å². The Morgan fingerprint density at radius 1 is 1.12 bits per heavy atom. The van der Waals surface area contributed by atoms with Crippen molar-refractivity contribution in [3.63, 3.8) is 0 Å². The molecule has 2 heterocycles. The first-order chi connectivity index (χ1) is 7.93. The van der Waals surface area contributed by atoms with E-state index < -0.39 is 0 Å². The Labute approximate surface area is 92.7 Å². The number of fused-ring (bicyclic) bond motifs is 1. The Hall–Kier alpha value is -2.16. The summed E-state index contributed by atoms with van der Waals surface area (Å²) in [5, 5.41) is 2.24. The van der Waals surface area contributed by atoms with Crippen molar-refractivity contribution in [3.8, 4) is 5.88 Å². The predicted molar refractivity (Wildman–Crippen MR) is 61.3 cm³/mol. The summed E-state index contributed by atoms with van der Waals surface area (Å²) in [7, 11) is 0. The Morgan fingerprint density at radius 2 is 2.06 bits per heavy atom. The van der Waals surface area contributed by atoms with Crippen LogP contribution in [0.1, 0.15) is 5.76 Å². The third kappa shape index (κ3) is 1.56. The minimum absolute atomic E-state index is 0.442. The van der Waals surface area contributed by atoms with Gasteiger partial charge in [0.1, 0.15) is 12.4 Å². The van der Waals surface area contributed by atoms with E-state index >= 15 is 0 Å². The number of hydrogen-bond donors (Lipinski definition) is 1. The topological polar surface area (TPSA) is 38.2 Å². The SMILES string of the molecule is c1coc(COc2[nH]cc3ccccc23)c1. The summed E-state index contributed by atoms with van der Waals surface area (Å²) >= 11 is 0. The minimum Gasteiger partial charge on any atom is -0.470 e. The van der Waals surface area contributed by atoms with Crippen LogP contribution in [0.25, 0.3) is 10.8 Å². The standard InChI is InChI=1S/C13H11NO2/c1-2-6-12-10(4-1)8-14-13(12)16-9-11-5-3-7-15-11/h1-8,14H,9H2. The summed E-state index contributed by atoms with van der Waals surface area (Å²) in [6, 6.07) is 11.8. The smallest absolute Gasteiger partial charge is 0.199 e. The van der Waals surface area contributed by atoms with Crippen molar-refractivity contribution in [2.45, 2.75) is 6.61 Å². The molecule has 0 aliphatic rings. The molecule has 3 nitrogen and oxygen atoms in total. The zero-order valence-corrected chi connectivity index (χ0v) is 8.64. The third-order valence-corrected chi connectivity index (χ3v) is 2.50. The van der Waals surface area contributed by atoms with Crippen molar-refractivity contribution >= 4 is 10.8 Å². The molecule has 0 fully saturated rings. The van der Waals surface area contributed by atoms with Crippen LogP contribution in [0.2, 0.25) is 0 Å². The molecule has 0 aliphatic heterocycles. The number of aromatic amines is 1. The van der Waals surface area contributed by atoms with E-state index in [0.717, 1.165) is 22.4 Å². The third-order valence-electron chi connectivity index (χ3n) is 2.50. The molecular formula is C13H11NO2. The predicted octanol–water partition coefficient (Wildman–Crippen LogP) is 3.34. The van der Waals surface area contributed by atoms with E-state index in [1.165, 1.54) is 0 Å². The summed E-state index contributed by atoms with van der Waals surface area (Å²) in [6.07, 6.45) is 3.58. The van der Waals surface area contributed by atoms with Crippen LogP contribution in [-0.4, -0.2) is 4.98 Å². The highest BCUT2D eigenvalue weighted by atomic mass is 16.5. The van der Waals surface area contributed by atoms with E-state index in [-0.39, 0.29) is 0 Å². The number of benzene rings is 1. The molecule has 0 aliphatic carbocycles. The number of hydrogen-bond acceptors (Lipinski definition) is 2. The fourth-order valence-corrected chi connectivity index (χ4v) is 1.71. The second-order valence-electron chi connectivity index (χ2n) is 3.57. The summed E-state index contributed by atoms with van der Waals surface area (Å²) in [5.41, 5.74) is 0. The molecule has 0 atom stereocenters. The Kier molecular flexibility index (Phi) is 2.14. The van der Waals surface area contributed by atoms with Gasteiger partial charge in [0.25, 0.3) is 0 Å². The van der Waals surface area contributed by atoms with Crippen molar-refractivity contribution in [1.82, 2.24) is 4.98 Å². The normalized spacial score (nSPS) is 10.8. The molecule has 16 heavy (non-hydrogen) atoms. The molecule has 1 N–H and O–H groups in total. The van der Waals surface area contributed by atoms with E-state index in [0.29, 0.717) is 6.61 Å². The van der Waals surface area contributed by atoms with E-state index in [1.807, 2.05) is 42.6 Å². The highest BCUT2D eigenvalue weighted by Crippen LogP contribution is 2.24. The van der Waals surface area contributed by atoms with Crippen molar-refractivity contribution in [1.29, 1.82) is 0 Å². The van der Waals surface area contributed by atoms with E-state index in [4.69, 9.17) is 9.15 Å². The van der Waals surface area contributed by atoms with Gasteiger partial charge < -0.3 is 14.1 Å². The van der Waals surface area contributed by atoms with Gasteiger partial charge >= 0.3 is 0 Å². The van der Waals surface area contributed by atoms with E-state index in [2.05, 4.69) is 4.98 Å². The first kappa shape index (κ1) is 9.09. The molecule has 3 aromatic rings. The van der Waals surface area contributed by atoms with Gasteiger partial charge in [0, 0.05) is 17.0 Å². The lowest BCUT2D eigenvalue weighted by molar-refractivity contribution is 0.265. The maximum atomic E-state index is 5.65. The number of aromatic nitrogens is 1. The number of ether oxygens (including phenoxy) is 1. The van der Waals surface area contributed by atoms with Gasteiger partial charge in [-0.2, -0.15) is 0 Å². The number of nitrogens with one attached hydrogen (secondary N) is 1. The maximum absolute atomic E-state index is 5.65. The minimum atomic E-state index is 0.442. The molecule has 2 aromatic heterocycles. The number of H-pyrrole nitrogens is 1. The molecule has 3 heteroatoms. The van der Waals surface area contributed by atoms with Crippen LogP contribution in [0.4, 0.5) is 0 Å². The van der Waals surface area contributed by atoms with Gasteiger partial charge in [-0.05, 0) is 18.2 Å². The van der Waals surface area contributed by atoms with Gasteiger partial charge in [-0.3, -0.25) is 0 Å².